The van der Waals surface area contributed by atoms with Gasteiger partial charge in [-0.25, -0.2) is 0 Å². The normalized spacial score (nSPS) is 52.8. The van der Waals surface area contributed by atoms with E-state index in [0.717, 1.165) is 44.9 Å². The van der Waals surface area contributed by atoms with E-state index in [0.29, 0.717) is 24.2 Å². The molecule has 13 nitrogen and oxygen atoms in total. The predicted octanol–water partition coefficient (Wildman–Crippen LogP) is 2.94. The monoisotopic (exact) mass is 794 g/mol. The standard InChI is InChI=1S/C43H70O13/c1-21(2)17-22-18-23(37(51-8)52-22)24-11-15-43(7)26-9-10-29-40(3,4)30(13-14-41(29,5)25(26)12-16-42(24,43)6)55-39-36(34(49)32(47)28(20-45)54-39)56-38-35(50)33(48)31(46)27(19-44)53-38/h9,17,22-25,27-39,44-50H,10-16,18-20H2,1-8H3/t22-,23+,24-,25-,27-,28-,29+,30+,31-,32-,33+,34+,35-,36-,37-,38+,39+,41-,42+,43-/m1/s1. The van der Waals surface area contributed by atoms with Gasteiger partial charge in [-0.2, -0.15) is 0 Å². The highest BCUT2D eigenvalue weighted by Crippen LogP contribution is 2.74. The lowest BCUT2D eigenvalue weighted by Crippen LogP contribution is -2.65. The highest BCUT2D eigenvalue weighted by atomic mass is 16.8. The van der Waals surface area contributed by atoms with Crippen molar-refractivity contribution in [1.29, 1.82) is 0 Å². The van der Waals surface area contributed by atoms with Crippen molar-refractivity contribution < 1.29 is 64.2 Å². The number of fused-ring (bicyclic) bond motifs is 5. The highest BCUT2D eigenvalue weighted by Gasteiger charge is 2.67. The Kier molecular flexibility index (Phi) is 12.1. The Morgan fingerprint density at radius 2 is 1.43 bits per heavy atom. The lowest BCUT2D eigenvalue weighted by Gasteiger charge is -2.65. The van der Waals surface area contributed by atoms with Crippen LogP contribution in [0.3, 0.4) is 0 Å². The molecule has 0 aromatic carbocycles. The fourth-order valence-corrected chi connectivity index (χ4v) is 13.2. The minimum absolute atomic E-state index is 0.0128. The van der Waals surface area contributed by atoms with Gasteiger partial charge in [-0.1, -0.05) is 57.9 Å². The average Bonchev–Trinajstić information content (AvgIpc) is 3.68. The summed E-state index contributed by atoms with van der Waals surface area (Å²) in [5, 5.41) is 73.4. The Balaban J connectivity index is 1.11. The Morgan fingerprint density at radius 1 is 0.768 bits per heavy atom. The van der Waals surface area contributed by atoms with Crippen molar-refractivity contribution >= 4 is 0 Å². The second-order valence-corrected chi connectivity index (χ2v) is 19.9. The van der Waals surface area contributed by atoms with Crippen molar-refractivity contribution in [2.75, 3.05) is 20.3 Å². The van der Waals surface area contributed by atoms with Crippen molar-refractivity contribution in [2.24, 2.45) is 45.3 Å². The predicted molar refractivity (Wildman–Crippen MR) is 203 cm³/mol. The molecule has 7 rings (SSSR count). The second-order valence-electron chi connectivity index (χ2n) is 19.9. The molecule has 3 heterocycles. The first-order valence-electron chi connectivity index (χ1n) is 21.1. The first-order valence-corrected chi connectivity index (χ1v) is 21.1. The zero-order valence-electron chi connectivity index (χ0n) is 34.6. The summed E-state index contributed by atoms with van der Waals surface area (Å²) in [4.78, 5) is 0. The van der Waals surface area contributed by atoms with E-state index in [2.05, 4.69) is 60.6 Å². The maximum atomic E-state index is 11.3. The van der Waals surface area contributed by atoms with Crippen LogP contribution in [0.4, 0.5) is 0 Å². The van der Waals surface area contributed by atoms with Crippen LogP contribution >= 0.6 is 0 Å². The average molecular weight is 795 g/mol. The van der Waals surface area contributed by atoms with Crippen LogP contribution in [-0.2, 0) is 28.4 Å². The van der Waals surface area contributed by atoms with Gasteiger partial charge in [-0.3, -0.25) is 0 Å². The summed E-state index contributed by atoms with van der Waals surface area (Å²) in [6.45, 7) is 15.0. The van der Waals surface area contributed by atoms with E-state index in [9.17, 15) is 35.7 Å². The summed E-state index contributed by atoms with van der Waals surface area (Å²) in [7, 11) is 1.78. The number of hydrogen-bond donors (Lipinski definition) is 7. The molecular weight excluding hydrogens is 724 g/mol. The molecule has 0 amide bonds. The maximum Gasteiger partial charge on any atom is 0.187 e. The first-order chi connectivity index (χ1) is 26.4. The molecule has 3 saturated heterocycles. The molecule has 6 fully saturated rings. The van der Waals surface area contributed by atoms with Crippen molar-refractivity contribution in [2.45, 2.75) is 180 Å². The van der Waals surface area contributed by atoms with E-state index >= 15 is 0 Å². The third kappa shape index (κ3) is 6.80. The zero-order valence-corrected chi connectivity index (χ0v) is 34.6. The molecule has 0 bridgehead atoms. The number of ether oxygens (including phenoxy) is 6. The molecule has 0 unspecified atom stereocenters. The van der Waals surface area contributed by atoms with Crippen molar-refractivity contribution in [3.63, 3.8) is 0 Å². The van der Waals surface area contributed by atoms with Crippen molar-refractivity contribution in [1.82, 2.24) is 0 Å². The Morgan fingerprint density at radius 3 is 2.07 bits per heavy atom. The van der Waals surface area contributed by atoms with E-state index in [1.54, 1.807) is 12.7 Å². The van der Waals surface area contributed by atoms with Crippen LogP contribution in [0.15, 0.2) is 23.3 Å². The molecule has 0 aromatic rings. The third-order valence-electron chi connectivity index (χ3n) is 16.5. The Labute approximate surface area is 332 Å². The Hall–Kier alpha value is -1.04. The van der Waals surface area contributed by atoms with Gasteiger partial charge in [-0.15, -0.1) is 0 Å². The number of hydrogen-bond acceptors (Lipinski definition) is 13. The van der Waals surface area contributed by atoms with E-state index < -0.39 is 74.6 Å². The van der Waals surface area contributed by atoms with E-state index in [4.69, 9.17) is 28.4 Å². The van der Waals surface area contributed by atoms with Gasteiger partial charge in [-0.05, 0) is 105 Å². The molecule has 7 N–H and O–H groups in total. The number of rotatable bonds is 9. The van der Waals surface area contributed by atoms with Gasteiger partial charge in [0.25, 0.3) is 0 Å². The van der Waals surface area contributed by atoms with Crippen LogP contribution in [-0.4, -0.2) is 136 Å². The molecule has 4 aliphatic carbocycles. The quantitative estimate of drug-likeness (QED) is 0.169. The first kappa shape index (κ1) is 43.1. The largest absolute Gasteiger partial charge is 0.394 e. The molecule has 3 aliphatic heterocycles. The summed E-state index contributed by atoms with van der Waals surface area (Å²) in [6, 6.07) is 0. The van der Waals surface area contributed by atoms with Crippen LogP contribution in [0, 0.1) is 45.3 Å². The lowest BCUT2D eigenvalue weighted by molar-refractivity contribution is -0.377. The van der Waals surface area contributed by atoms with Gasteiger partial charge in [0, 0.05) is 13.0 Å². The van der Waals surface area contributed by atoms with Crippen LogP contribution < -0.4 is 0 Å². The molecule has 13 heteroatoms. The number of aliphatic hydroxyl groups excluding tert-OH is 7. The fourth-order valence-electron chi connectivity index (χ4n) is 13.2. The molecule has 20 atom stereocenters. The molecule has 0 radical (unpaired) electrons. The second kappa shape index (κ2) is 15.8. The highest BCUT2D eigenvalue weighted by molar-refractivity contribution is 5.33. The minimum Gasteiger partial charge on any atom is -0.394 e. The lowest BCUT2D eigenvalue weighted by atomic mass is 9.41. The van der Waals surface area contributed by atoms with Gasteiger partial charge in [0.2, 0.25) is 0 Å². The van der Waals surface area contributed by atoms with Crippen LogP contribution in [0.5, 0.6) is 0 Å². The van der Waals surface area contributed by atoms with E-state index in [1.807, 2.05) is 0 Å². The zero-order chi connectivity index (χ0) is 40.7. The fraction of sp³-hybridized carbons (Fsp3) is 0.907. The minimum atomic E-state index is -1.73. The maximum absolute atomic E-state index is 11.3. The number of methoxy groups -OCH3 is 1. The summed E-state index contributed by atoms with van der Waals surface area (Å²) >= 11 is 0. The van der Waals surface area contributed by atoms with E-state index in [-0.39, 0.29) is 46.1 Å². The smallest absolute Gasteiger partial charge is 0.187 e. The van der Waals surface area contributed by atoms with Crippen LogP contribution in [0.1, 0.15) is 99.8 Å². The van der Waals surface area contributed by atoms with Gasteiger partial charge >= 0.3 is 0 Å². The van der Waals surface area contributed by atoms with E-state index in [1.165, 1.54) is 5.57 Å². The molecule has 0 aromatic heterocycles. The van der Waals surface area contributed by atoms with Gasteiger partial charge < -0.3 is 64.2 Å². The molecular formula is C43H70O13. The SMILES string of the molecule is CO[C@@H]1O[C@H](C=C(C)C)C[C@H]1[C@H]1CC[C@]2(C)C3=CC[C@H]4C(C)(C)[C@@H](O[C@@H]5O[C@H](CO)[C@@H](O)[C@H](O)[C@H]5O[C@@H]5O[C@H](CO)[C@@H](O)[C@H](O)[C@H]5O)CC[C@]4(C)[C@@H]3CC[C@@]12C. The van der Waals surface area contributed by atoms with Crippen LogP contribution in [0.25, 0.3) is 0 Å². The van der Waals surface area contributed by atoms with Crippen molar-refractivity contribution in [3.8, 4) is 0 Å². The molecule has 56 heavy (non-hydrogen) atoms. The molecule has 320 valence electrons. The van der Waals surface area contributed by atoms with Gasteiger partial charge in [0.1, 0.15) is 48.8 Å². The van der Waals surface area contributed by atoms with Crippen LogP contribution in [0.2, 0.25) is 0 Å². The number of aliphatic hydroxyl groups is 7. The van der Waals surface area contributed by atoms with Crippen molar-refractivity contribution in [3.05, 3.63) is 23.3 Å². The summed E-state index contributed by atoms with van der Waals surface area (Å²) < 4.78 is 36.9. The Bertz CT molecular complexity index is 1460. The molecule has 0 spiro atoms. The molecule has 3 saturated carbocycles. The third-order valence-corrected chi connectivity index (χ3v) is 16.5. The molecule has 7 aliphatic rings. The number of allylic oxidation sites excluding steroid dienone is 3. The van der Waals surface area contributed by atoms with Gasteiger partial charge in [0.15, 0.2) is 18.9 Å². The van der Waals surface area contributed by atoms with Gasteiger partial charge in [0.05, 0.1) is 25.4 Å². The summed E-state index contributed by atoms with van der Waals surface area (Å²) in [5.74, 6) is 1.55. The topological polar surface area (TPSA) is 197 Å². The summed E-state index contributed by atoms with van der Waals surface area (Å²) in [5.41, 5.74) is 2.74. The summed E-state index contributed by atoms with van der Waals surface area (Å²) in [6.07, 6.45) is -2.40.